The van der Waals surface area contributed by atoms with E-state index >= 15 is 0 Å². The maximum atomic E-state index is 14.0. The van der Waals surface area contributed by atoms with E-state index in [1.165, 1.54) is 51.4 Å². The van der Waals surface area contributed by atoms with Crippen LogP contribution in [0.4, 0.5) is 0 Å². The normalized spacial score (nSPS) is 40.6. The highest BCUT2D eigenvalue weighted by atomic mass is 16.5. The standard InChI is InChI=1S/C42H58N2O3/c1-27(45)28-10-12-29(13-11-28)33-24-30(47-44-33)26-43-36(46)39(5)21-20-38(4)22-23-41(7)31(32(38)25-39)14-15-35-40(6)18-9-17-37(2,3)34(40)16-19-42(35,41)8/h10-14,24,32,34-35H,9,15-23,25-26H2,1-8H3,(H,43,46)/t32-,34?,35?,38+,39-,40-,41-,42+/m0/s1. The third-order valence-corrected chi connectivity index (χ3v) is 15.7. The molecule has 0 radical (unpaired) electrons. The first kappa shape index (κ1) is 32.8. The van der Waals surface area contributed by atoms with E-state index in [1.807, 2.05) is 30.3 Å². The Morgan fingerprint density at radius 1 is 0.894 bits per heavy atom. The highest BCUT2D eigenvalue weighted by Crippen LogP contribution is 2.75. The number of amides is 1. The van der Waals surface area contributed by atoms with Gasteiger partial charge in [-0.15, -0.1) is 0 Å². The molecule has 5 nitrogen and oxygen atoms in total. The van der Waals surface area contributed by atoms with Gasteiger partial charge in [-0.05, 0) is 116 Å². The molecule has 1 aromatic carbocycles. The van der Waals surface area contributed by atoms with E-state index in [0.29, 0.717) is 45.7 Å². The summed E-state index contributed by atoms with van der Waals surface area (Å²) in [5.41, 5.74) is 5.20. The van der Waals surface area contributed by atoms with Gasteiger partial charge in [0.25, 0.3) is 0 Å². The number of aromatic nitrogens is 1. The van der Waals surface area contributed by atoms with Gasteiger partial charge < -0.3 is 9.84 Å². The third kappa shape index (κ3) is 4.94. The number of carbonyl (C=O) groups is 2. The van der Waals surface area contributed by atoms with Crippen LogP contribution in [0.2, 0.25) is 0 Å². The maximum Gasteiger partial charge on any atom is 0.226 e. The number of nitrogens with zero attached hydrogens (tertiary/aromatic N) is 1. The Bertz CT molecular complexity index is 1600. The maximum absolute atomic E-state index is 14.0. The number of nitrogens with one attached hydrogen (secondary N) is 1. The molecule has 8 atom stereocenters. The van der Waals surface area contributed by atoms with Gasteiger partial charge in [-0.3, -0.25) is 9.59 Å². The Hall–Kier alpha value is -2.69. The van der Waals surface area contributed by atoms with E-state index in [2.05, 4.69) is 65.0 Å². The summed E-state index contributed by atoms with van der Waals surface area (Å²) in [6.07, 6.45) is 16.3. The lowest BCUT2D eigenvalue weighted by atomic mass is 9.34. The van der Waals surface area contributed by atoms with Crippen molar-refractivity contribution < 1.29 is 14.1 Å². The molecule has 0 bridgehead atoms. The van der Waals surface area contributed by atoms with Crippen LogP contribution in [0.25, 0.3) is 11.3 Å². The van der Waals surface area contributed by atoms with Crippen molar-refractivity contribution in [2.24, 2.45) is 50.2 Å². The summed E-state index contributed by atoms with van der Waals surface area (Å²) in [5, 5.41) is 7.49. The van der Waals surface area contributed by atoms with E-state index in [-0.39, 0.29) is 22.5 Å². The summed E-state index contributed by atoms with van der Waals surface area (Å²) in [6, 6.07) is 9.29. The summed E-state index contributed by atoms with van der Waals surface area (Å²) in [4.78, 5) is 25.7. The minimum atomic E-state index is -0.413. The Morgan fingerprint density at radius 3 is 2.34 bits per heavy atom. The van der Waals surface area contributed by atoms with Crippen LogP contribution in [0.5, 0.6) is 0 Å². The van der Waals surface area contributed by atoms with Crippen LogP contribution >= 0.6 is 0 Å². The highest BCUT2D eigenvalue weighted by molar-refractivity contribution is 5.94. The number of Topliss-reactive ketones (excluding diaryl/α,β-unsaturated/α-hetero) is 1. The fourth-order valence-corrected chi connectivity index (χ4v) is 12.4. The Morgan fingerprint density at radius 2 is 1.62 bits per heavy atom. The fourth-order valence-electron chi connectivity index (χ4n) is 12.4. The lowest BCUT2D eigenvalue weighted by Crippen LogP contribution is -2.63. The smallest absolute Gasteiger partial charge is 0.226 e. The molecule has 1 amide bonds. The van der Waals surface area contributed by atoms with Gasteiger partial charge in [0.05, 0.1) is 6.54 Å². The predicted octanol–water partition coefficient (Wildman–Crippen LogP) is 10.4. The summed E-state index contributed by atoms with van der Waals surface area (Å²) < 4.78 is 5.63. The molecule has 1 aromatic heterocycles. The molecule has 1 N–H and O–H groups in total. The molecule has 0 aliphatic heterocycles. The van der Waals surface area contributed by atoms with Crippen molar-refractivity contribution in [3.63, 3.8) is 0 Å². The van der Waals surface area contributed by atoms with Crippen LogP contribution in [-0.4, -0.2) is 16.8 Å². The van der Waals surface area contributed by atoms with Gasteiger partial charge in [-0.25, -0.2) is 0 Å². The molecule has 5 aliphatic carbocycles. The largest absolute Gasteiger partial charge is 0.359 e. The van der Waals surface area contributed by atoms with E-state index in [9.17, 15) is 9.59 Å². The first-order chi connectivity index (χ1) is 22.0. The molecule has 0 spiro atoms. The van der Waals surface area contributed by atoms with Gasteiger partial charge in [0, 0.05) is 22.6 Å². The molecule has 254 valence electrons. The van der Waals surface area contributed by atoms with Crippen molar-refractivity contribution in [3.05, 3.63) is 53.3 Å². The van der Waals surface area contributed by atoms with Crippen LogP contribution in [0, 0.1) is 50.2 Å². The van der Waals surface area contributed by atoms with Crippen molar-refractivity contribution in [1.29, 1.82) is 0 Å². The molecule has 1 heterocycles. The molecular formula is C42H58N2O3. The number of hydrogen-bond donors (Lipinski definition) is 1. The van der Waals surface area contributed by atoms with Gasteiger partial charge in [0.15, 0.2) is 11.5 Å². The summed E-state index contributed by atoms with van der Waals surface area (Å²) in [5.74, 6) is 2.83. The van der Waals surface area contributed by atoms with Crippen molar-refractivity contribution in [2.45, 2.75) is 133 Å². The lowest BCUT2D eigenvalue weighted by molar-refractivity contribution is -0.180. The first-order valence-corrected chi connectivity index (χ1v) is 18.6. The third-order valence-electron chi connectivity index (χ3n) is 15.7. The number of benzene rings is 1. The highest BCUT2D eigenvalue weighted by Gasteiger charge is 2.67. The molecule has 5 aliphatic rings. The lowest BCUT2D eigenvalue weighted by Gasteiger charge is -2.71. The average molecular weight is 639 g/mol. The molecule has 4 fully saturated rings. The zero-order valence-corrected chi connectivity index (χ0v) is 30.4. The van der Waals surface area contributed by atoms with Crippen LogP contribution in [0.1, 0.15) is 142 Å². The number of fused-ring (bicyclic) bond motifs is 7. The SMILES string of the molecule is CC(=O)c1ccc(-c2cc(CNC(=O)[C@@]3(C)CC[C@]4(C)CC[C@@]5(C)C(=CCC6[C@@]7(C)CCCC(C)(C)C7CC[C@]65C)[C@@H]4C3)on2)cc1. The Kier molecular flexibility index (Phi) is 7.62. The van der Waals surface area contributed by atoms with E-state index in [0.717, 1.165) is 36.7 Å². The molecule has 0 saturated heterocycles. The minimum absolute atomic E-state index is 0.0395. The summed E-state index contributed by atoms with van der Waals surface area (Å²) >= 11 is 0. The fraction of sp³-hybridized carbons (Fsp3) is 0.690. The average Bonchev–Trinajstić information content (AvgIpc) is 3.50. The monoisotopic (exact) mass is 638 g/mol. The van der Waals surface area contributed by atoms with Crippen molar-refractivity contribution in [2.75, 3.05) is 0 Å². The molecule has 2 unspecified atom stereocenters. The Labute approximate surface area is 283 Å². The second-order valence-corrected chi connectivity index (χ2v) is 18.6. The van der Waals surface area contributed by atoms with Crippen molar-refractivity contribution in [3.8, 4) is 11.3 Å². The van der Waals surface area contributed by atoms with Crippen LogP contribution in [0.3, 0.4) is 0 Å². The van der Waals surface area contributed by atoms with Crippen molar-refractivity contribution in [1.82, 2.24) is 10.5 Å². The van der Waals surface area contributed by atoms with E-state index < -0.39 is 5.41 Å². The van der Waals surface area contributed by atoms with Gasteiger partial charge in [0.1, 0.15) is 5.69 Å². The van der Waals surface area contributed by atoms with Crippen LogP contribution in [-0.2, 0) is 11.3 Å². The van der Waals surface area contributed by atoms with E-state index in [1.54, 1.807) is 12.5 Å². The van der Waals surface area contributed by atoms with Crippen LogP contribution in [0.15, 0.2) is 46.5 Å². The molecule has 5 heteroatoms. The number of carbonyl (C=O) groups excluding carboxylic acids is 2. The first-order valence-electron chi connectivity index (χ1n) is 18.6. The number of hydrogen-bond acceptors (Lipinski definition) is 4. The Balaban J connectivity index is 1.09. The van der Waals surface area contributed by atoms with Crippen molar-refractivity contribution >= 4 is 11.7 Å². The minimum Gasteiger partial charge on any atom is -0.359 e. The number of ketones is 1. The predicted molar refractivity (Wildman–Crippen MR) is 187 cm³/mol. The molecular weight excluding hydrogens is 580 g/mol. The quantitative estimate of drug-likeness (QED) is 0.261. The van der Waals surface area contributed by atoms with Gasteiger partial charge >= 0.3 is 0 Å². The molecule has 4 saturated carbocycles. The van der Waals surface area contributed by atoms with Crippen LogP contribution < -0.4 is 5.32 Å². The van der Waals surface area contributed by atoms with Gasteiger partial charge in [0.2, 0.25) is 5.91 Å². The zero-order chi connectivity index (χ0) is 33.6. The molecule has 7 rings (SSSR count). The summed E-state index contributed by atoms with van der Waals surface area (Å²) in [6.45, 7) is 19.8. The topological polar surface area (TPSA) is 72.2 Å². The molecule has 2 aromatic rings. The molecule has 47 heavy (non-hydrogen) atoms. The zero-order valence-electron chi connectivity index (χ0n) is 30.4. The number of allylic oxidation sites excluding steroid dienone is 2. The summed E-state index contributed by atoms with van der Waals surface area (Å²) in [7, 11) is 0. The second kappa shape index (κ2) is 10.9. The van der Waals surface area contributed by atoms with E-state index in [4.69, 9.17) is 4.52 Å². The van der Waals surface area contributed by atoms with Gasteiger partial charge in [-0.1, -0.05) is 96.0 Å². The van der Waals surface area contributed by atoms with Gasteiger partial charge in [-0.2, -0.15) is 0 Å². The number of rotatable bonds is 5. The second-order valence-electron chi connectivity index (χ2n) is 18.6.